The van der Waals surface area contributed by atoms with Gasteiger partial charge in [0.1, 0.15) is 56.4 Å². The fraction of sp³-hybridized carbons (Fsp3) is 1.00. The zero-order valence-corrected chi connectivity index (χ0v) is 13.5. The van der Waals surface area contributed by atoms with Crippen LogP contribution in [0.2, 0.25) is 0 Å². The van der Waals surface area contributed by atoms with Crippen LogP contribution in [0.4, 0.5) is 0 Å². The summed E-state index contributed by atoms with van der Waals surface area (Å²) >= 11 is 0. The molecule has 0 bridgehead atoms. The first-order valence-electron chi connectivity index (χ1n) is 6.31. The minimum Gasteiger partial charge on any atom is -0.151 e. The fourth-order valence-corrected chi connectivity index (χ4v) is 1.52. The van der Waals surface area contributed by atoms with Crippen molar-refractivity contribution in [2.45, 2.75) is 0 Å². The number of hydrogen-bond donors (Lipinski definition) is 0. The number of hydroxylamine groups is 13. The minimum absolute atomic E-state index is 0.0329. The topological polar surface area (TPSA) is 36.9 Å². The van der Waals surface area contributed by atoms with Gasteiger partial charge in [-0.05, 0) is 0 Å². The van der Waals surface area contributed by atoms with E-state index in [1.807, 2.05) is 56.4 Å². The van der Waals surface area contributed by atoms with Crippen molar-refractivity contribution in [2.24, 2.45) is 0 Å². The third kappa shape index (κ3) is 6.11. The maximum absolute atomic E-state index is 5.90. The van der Waals surface area contributed by atoms with Crippen LogP contribution in [0.15, 0.2) is 0 Å². The Balaban J connectivity index is 2.88. The van der Waals surface area contributed by atoms with Gasteiger partial charge in [0.05, 0.1) is 0 Å². The van der Waals surface area contributed by atoms with E-state index >= 15 is 0 Å². The van der Waals surface area contributed by atoms with Gasteiger partial charge in [0.25, 0.3) is 20.2 Å². The van der Waals surface area contributed by atoms with Gasteiger partial charge in [0, 0.05) is 9.75 Å². The summed E-state index contributed by atoms with van der Waals surface area (Å²) in [5.41, 5.74) is 0. The van der Waals surface area contributed by atoms with Crippen LogP contribution in [0.3, 0.4) is 0 Å². The molecule has 19 heavy (non-hydrogen) atoms. The zero-order chi connectivity index (χ0) is 14.9. The van der Waals surface area contributed by atoms with Crippen LogP contribution in [0.25, 0.3) is 0 Å². The first-order chi connectivity index (χ1) is 8.33. The summed E-state index contributed by atoms with van der Waals surface area (Å²) in [6.45, 7) is 1.17. The summed E-state index contributed by atoms with van der Waals surface area (Å²) in [7, 11) is 15.2. The van der Waals surface area contributed by atoms with Gasteiger partial charge in [-0.15, -0.1) is 14.3 Å². The molecule has 0 unspecified atom stereocenters. The van der Waals surface area contributed by atoms with Gasteiger partial charge >= 0.3 is 0 Å². The van der Waals surface area contributed by atoms with Crippen molar-refractivity contribution < 1.29 is 38.2 Å². The molecule has 0 aromatic heterocycles. The number of rotatable bonds is 0. The quantitative estimate of drug-likeness (QED) is 0.578. The summed E-state index contributed by atoms with van der Waals surface area (Å²) < 4.78 is 0.783. The molecule has 1 aliphatic rings. The molecule has 1 heterocycles. The highest BCUT2D eigenvalue weighted by Gasteiger charge is 2.40. The van der Waals surface area contributed by atoms with E-state index in [1.165, 1.54) is 0 Å². The van der Waals surface area contributed by atoms with Crippen molar-refractivity contribution in [3.63, 3.8) is 0 Å². The van der Waals surface area contributed by atoms with Gasteiger partial charge in [-0.1, -0.05) is 4.84 Å². The van der Waals surface area contributed by atoms with Crippen LogP contribution in [0.5, 0.6) is 0 Å². The van der Waals surface area contributed by atoms with Gasteiger partial charge < -0.3 is 0 Å². The second kappa shape index (κ2) is 5.23. The van der Waals surface area contributed by atoms with Crippen molar-refractivity contribution in [3.05, 3.63) is 0 Å². The maximum atomic E-state index is 5.90. The fourth-order valence-electron chi connectivity index (χ4n) is 1.52. The van der Waals surface area contributed by atoms with Crippen molar-refractivity contribution in [2.75, 3.05) is 76.6 Å². The average molecular weight is 282 g/mol. The van der Waals surface area contributed by atoms with E-state index in [0.29, 0.717) is 24.8 Å². The van der Waals surface area contributed by atoms with Crippen LogP contribution in [0.1, 0.15) is 0 Å². The SMILES string of the molecule is C[N+]1(C)CO[N+](C)(C)CO[N+](C)(C)O[N+](C)(C)CO1. The molecule has 1 saturated heterocycles. The Kier molecular flexibility index (Phi) is 4.60. The molecule has 8 heteroatoms. The highest BCUT2D eigenvalue weighted by molar-refractivity contribution is 4.02. The molecule has 0 radical (unpaired) electrons. The van der Waals surface area contributed by atoms with E-state index < -0.39 is 0 Å². The zero-order valence-electron chi connectivity index (χ0n) is 13.5. The van der Waals surface area contributed by atoms with Crippen LogP contribution >= 0.6 is 0 Å². The van der Waals surface area contributed by atoms with Crippen molar-refractivity contribution in [3.8, 4) is 0 Å². The van der Waals surface area contributed by atoms with Gasteiger partial charge in [0.15, 0.2) is 0 Å². The standard InChI is InChI=1S/C11H30N4O4/c1-12(2)9-16-13(3,4)10-18-15(7,8)19-14(5,6)11-17-12/h9-11H2,1-8H3/q+4. The molecule has 1 rings (SSSR count). The first-order valence-corrected chi connectivity index (χ1v) is 6.31. The molecule has 0 spiro atoms. The molecular formula is C11H30N4O4+4. The van der Waals surface area contributed by atoms with E-state index in [-0.39, 0.29) is 14.1 Å². The second-order valence-corrected chi connectivity index (χ2v) is 6.83. The molecule has 0 N–H and O–H groups in total. The lowest BCUT2D eigenvalue weighted by atomic mass is 10.8. The van der Waals surface area contributed by atoms with E-state index in [1.54, 1.807) is 0 Å². The van der Waals surface area contributed by atoms with Crippen molar-refractivity contribution >= 4 is 0 Å². The van der Waals surface area contributed by atoms with Crippen LogP contribution in [-0.2, 0) is 19.5 Å². The Morgan fingerprint density at radius 2 is 0.895 bits per heavy atom. The van der Waals surface area contributed by atoms with Crippen molar-refractivity contribution in [1.82, 2.24) is 0 Å². The lowest BCUT2D eigenvalue weighted by Crippen LogP contribution is -2.56. The Morgan fingerprint density at radius 3 is 1.37 bits per heavy atom. The Labute approximate surface area is 115 Å². The summed E-state index contributed by atoms with van der Waals surface area (Å²) in [4.78, 5) is 23.3. The summed E-state index contributed by atoms with van der Waals surface area (Å²) in [6.07, 6.45) is 0. The van der Waals surface area contributed by atoms with Crippen LogP contribution in [-0.4, -0.2) is 95.3 Å². The number of quaternary nitrogens is 4. The minimum atomic E-state index is -0.0329. The van der Waals surface area contributed by atoms with Crippen LogP contribution in [0, 0.1) is 0 Å². The monoisotopic (exact) mass is 282 g/mol. The highest BCUT2D eigenvalue weighted by Crippen LogP contribution is 2.16. The number of nitrogens with zero attached hydrogens (tertiary/aromatic N) is 4. The van der Waals surface area contributed by atoms with Gasteiger partial charge in [0.2, 0.25) is 0 Å². The Morgan fingerprint density at radius 1 is 0.526 bits per heavy atom. The summed E-state index contributed by atoms with van der Waals surface area (Å²) in [6, 6.07) is 0. The van der Waals surface area contributed by atoms with Crippen molar-refractivity contribution in [1.29, 1.82) is 0 Å². The Hall–Kier alpha value is -0.320. The summed E-state index contributed by atoms with van der Waals surface area (Å²) in [5.74, 6) is 0. The molecule has 0 saturated carbocycles. The molecule has 0 atom stereocenters. The number of hydrogen-bond acceptors (Lipinski definition) is 4. The van der Waals surface area contributed by atoms with Crippen LogP contribution < -0.4 is 0 Å². The third-order valence-electron chi connectivity index (χ3n) is 2.53. The average Bonchev–Trinajstić information content (AvgIpc) is 2.21. The third-order valence-corrected chi connectivity index (χ3v) is 2.53. The molecule has 0 aliphatic carbocycles. The molecule has 114 valence electrons. The second-order valence-electron chi connectivity index (χ2n) is 6.83. The largest absolute Gasteiger partial charge is 0.269 e. The molecule has 0 aromatic carbocycles. The molecule has 0 amide bonds. The molecule has 1 fully saturated rings. The summed E-state index contributed by atoms with van der Waals surface area (Å²) in [5, 5.41) is 0. The lowest BCUT2D eigenvalue weighted by molar-refractivity contribution is -1.41. The first kappa shape index (κ1) is 16.7. The highest BCUT2D eigenvalue weighted by atomic mass is 17.1. The Bertz CT molecular complexity index is 288. The van der Waals surface area contributed by atoms with E-state index in [2.05, 4.69) is 0 Å². The lowest BCUT2D eigenvalue weighted by Gasteiger charge is -2.31. The van der Waals surface area contributed by atoms with Gasteiger partial charge in [-0.2, -0.15) is 9.29 Å². The maximum Gasteiger partial charge on any atom is 0.269 e. The smallest absolute Gasteiger partial charge is 0.151 e. The van der Waals surface area contributed by atoms with E-state index in [0.717, 1.165) is 0 Å². The predicted molar refractivity (Wildman–Crippen MR) is 67.4 cm³/mol. The molecule has 8 nitrogen and oxygen atoms in total. The molecule has 1 aliphatic heterocycles. The van der Waals surface area contributed by atoms with E-state index in [4.69, 9.17) is 19.5 Å². The van der Waals surface area contributed by atoms with Gasteiger partial charge in [-0.3, -0.25) is 0 Å². The molecular weight excluding hydrogens is 252 g/mol. The van der Waals surface area contributed by atoms with Gasteiger partial charge in [-0.25, -0.2) is 0 Å². The normalized spacial score (nSPS) is 30.3. The predicted octanol–water partition coefficient (Wildman–Crippen LogP) is -0.180. The molecule has 0 aromatic rings. The van der Waals surface area contributed by atoms with E-state index in [9.17, 15) is 0 Å².